The van der Waals surface area contributed by atoms with Crippen molar-refractivity contribution in [3.8, 4) is 0 Å². The minimum Gasteiger partial charge on any atom is -0.444 e. The van der Waals surface area contributed by atoms with Gasteiger partial charge < -0.3 is 25.0 Å². The standard InChI is InChI=1S/C20H33N3O5/c1-20(2,3)28-19(26)21-9-4-17(24)22-16-5-10-23(11-6-16)18(25)14-15-7-12-27-13-8-15/h14,16H,4-13H2,1-3H3,(H,21,26)(H,22,24). The normalized spacial score (nSPS) is 18.4. The Kier molecular flexibility index (Phi) is 8.29. The molecule has 2 N–H and O–H groups in total. The quantitative estimate of drug-likeness (QED) is 0.691. The fraction of sp³-hybridized carbons (Fsp3) is 0.750. The van der Waals surface area contributed by atoms with Crippen molar-refractivity contribution < 1.29 is 23.9 Å². The Hall–Kier alpha value is -2.09. The summed E-state index contributed by atoms with van der Waals surface area (Å²) in [6.45, 7) is 8.26. The molecule has 2 rings (SSSR count). The molecule has 0 radical (unpaired) electrons. The molecule has 2 saturated heterocycles. The SMILES string of the molecule is CC(C)(C)OC(=O)NCCC(=O)NC1CCN(C(=O)C=C2CCOCC2)CC1. The van der Waals surface area contributed by atoms with Crippen molar-refractivity contribution in [1.29, 1.82) is 0 Å². The van der Waals surface area contributed by atoms with Crippen molar-refractivity contribution in [2.75, 3.05) is 32.8 Å². The van der Waals surface area contributed by atoms with Crippen molar-refractivity contribution >= 4 is 17.9 Å². The molecule has 28 heavy (non-hydrogen) atoms. The third kappa shape index (κ3) is 8.29. The molecular formula is C20H33N3O5. The second-order valence-corrected chi connectivity index (χ2v) is 8.26. The predicted octanol–water partition coefficient (Wildman–Crippen LogP) is 1.75. The van der Waals surface area contributed by atoms with Crippen LogP contribution in [-0.4, -0.2) is 67.3 Å². The number of nitrogens with one attached hydrogen (secondary N) is 2. The molecule has 8 heteroatoms. The van der Waals surface area contributed by atoms with Crippen LogP contribution in [0.4, 0.5) is 4.79 Å². The van der Waals surface area contributed by atoms with E-state index in [1.807, 2.05) is 4.90 Å². The van der Waals surface area contributed by atoms with Gasteiger partial charge in [-0.15, -0.1) is 0 Å². The van der Waals surface area contributed by atoms with Gasteiger partial charge in [-0.25, -0.2) is 4.79 Å². The van der Waals surface area contributed by atoms with Gasteiger partial charge in [-0.3, -0.25) is 9.59 Å². The lowest BCUT2D eigenvalue weighted by molar-refractivity contribution is -0.127. The number of piperidine rings is 1. The molecule has 2 aliphatic rings. The maximum Gasteiger partial charge on any atom is 0.407 e. The predicted molar refractivity (Wildman–Crippen MR) is 105 cm³/mol. The molecule has 158 valence electrons. The smallest absolute Gasteiger partial charge is 0.407 e. The van der Waals surface area contributed by atoms with E-state index >= 15 is 0 Å². The van der Waals surface area contributed by atoms with Gasteiger partial charge in [-0.1, -0.05) is 5.57 Å². The van der Waals surface area contributed by atoms with E-state index in [1.165, 1.54) is 0 Å². The van der Waals surface area contributed by atoms with Crippen molar-refractivity contribution in [2.45, 2.75) is 64.5 Å². The van der Waals surface area contributed by atoms with Crippen LogP contribution in [0.25, 0.3) is 0 Å². The topological polar surface area (TPSA) is 97.0 Å². The number of carbonyl (C=O) groups is 3. The number of rotatable bonds is 5. The van der Waals surface area contributed by atoms with E-state index < -0.39 is 11.7 Å². The van der Waals surface area contributed by atoms with Crippen LogP contribution < -0.4 is 10.6 Å². The monoisotopic (exact) mass is 395 g/mol. The Labute approximate surface area is 167 Å². The summed E-state index contributed by atoms with van der Waals surface area (Å²) >= 11 is 0. The van der Waals surface area contributed by atoms with Crippen molar-refractivity contribution in [3.63, 3.8) is 0 Å². The second-order valence-electron chi connectivity index (χ2n) is 8.26. The molecule has 0 saturated carbocycles. The molecule has 0 atom stereocenters. The molecule has 2 heterocycles. The van der Waals surface area contributed by atoms with Crippen LogP contribution in [0.5, 0.6) is 0 Å². The third-order valence-electron chi connectivity index (χ3n) is 4.65. The summed E-state index contributed by atoms with van der Waals surface area (Å²) < 4.78 is 10.4. The highest BCUT2D eigenvalue weighted by Gasteiger charge is 2.23. The number of likely N-dealkylation sites (tertiary alicyclic amines) is 1. The van der Waals surface area contributed by atoms with Crippen LogP contribution in [0.3, 0.4) is 0 Å². The average molecular weight is 396 g/mol. The van der Waals surface area contributed by atoms with Crippen molar-refractivity contribution in [1.82, 2.24) is 15.5 Å². The molecular weight excluding hydrogens is 362 g/mol. The first-order valence-electron chi connectivity index (χ1n) is 10.1. The van der Waals surface area contributed by atoms with Crippen LogP contribution in [0.1, 0.15) is 52.9 Å². The van der Waals surface area contributed by atoms with Gasteiger partial charge in [0.1, 0.15) is 5.60 Å². The zero-order valence-electron chi connectivity index (χ0n) is 17.2. The lowest BCUT2D eigenvalue weighted by Crippen LogP contribution is -2.46. The summed E-state index contributed by atoms with van der Waals surface area (Å²) in [6, 6.07) is 0.0637. The Balaban J connectivity index is 1.63. The van der Waals surface area contributed by atoms with Crippen molar-refractivity contribution in [3.05, 3.63) is 11.6 Å². The lowest BCUT2D eigenvalue weighted by Gasteiger charge is -2.32. The van der Waals surface area contributed by atoms with Gasteiger partial charge in [-0.2, -0.15) is 0 Å². The maximum atomic E-state index is 12.4. The van der Waals surface area contributed by atoms with Gasteiger partial charge >= 0.3 is 6.09 Å². The first kappa shape index (κ1) is 22.2. The highest BCUT2D eigenvalue weighted by Crippen LogP contribution is 2.16. The van der Waals surface area contributed by atoms with Gasteiger partial charge in [0, 0.05) is 38.2 Å². The number of amides is 3. The van der Waals surface area contributed by atoms with E-state index in [-0.39, 0.29) is 30.8 Å². The molecule has 0 aliphatic carbocycles. The van der Waals surface area contributed by atoms with Gasteiger partial charge in [0.05, 0.1) is 13.2 Å². The van der Waals surface area contributed by atoms with Gasteiger partial charge in [-0.05, 0) is 46.5 Å². The summed E-state index contributed by atoms with van der Waals surface area (Å²) in [5, 5.41) is 5.56. The van der Waals surface area contributed by atoms with Gasteiger partial charge in [0.15, 0.2) is 0 Å². The van der Waals surface area contributed by atoms with Gasteiger partial charge in [0.25, 0.3) is 0 Å². The molecule has 2 fully saturated rings. The molecule has 0 unspecified atom stereocenters. The minimum atomic E-state index is -0.557. The number of hydrogen-bond donors (Lipinski definition) is 2. The molecule has 0 spiro atoms. The highest BCUT2D eigenvalue weighted by atomic mass is 16.6. The number of nitrogens with zero attached hydrogens (tertiary/aromatic N) is 1. The van der Waals surface area contributed by atoms with Crippen molar-refractivity contribution in [2.24, 2.45) is 0 Å². The third-order valence-corrected chi connectivity index (χ3v) is 4.65. The van der Waals surface area contributed by atoms with E-state index in [0.29, 0.717) is 26.3 Å². The zero-order chi connectivity index (χ0) is 20.6. The van der Waals surface area contributed by atoms with E-state index in [2.05, 4.69) is 10.6 Å². The Morgan fingerprint density at radius 2 is 1.82 bits per heavy atom. The molecule has 8 nitrogen and oxygen atoms in total. The minimum absolute atomic E-state index is 0.0586. The largest absolute Gasteiger partial charge is 0.444 e. The van der Waals surface area contributed by atoms with Crippen LogP contribution in [0.15, 0.2) is 11.6 Å². The fourth-order valence-corrected chi connectivity index (χ4v) is 3.18. The summed E-state index contributed by atoms with van der Waals surface area (Å²) in [6.07, 6.45) is 4.57. The summed E-state index contributed by atoms with van der Waals surface area (Å²) in [5.41, 5.74) is 0.600. The summed E-state index contributed by atoms with van der Waals surface area (Å²) in [7, 11) is 0. The average Bonchev–Trinajstić information content (AvgIpc) is 2.61. The highest BCUT2D eigenvalue weighted by molar-refractivity contribution is 5.88. The number of alkyl carbamates (subject to hydrolysis) is 1. The zero-order valence-corrected chi connectivity index (χ0v) is 17.2. The second kappa shape index (κ2) is 10.5. The molecule has 0 aromatic carbocycles. The van der Waals surface area contributed by atoms with Crippen LogP contribution >= 0.6 is 0 Å². The van der Waals surface area contributed by atoms with Crippen LogP contribution in [-0.2, 0) is 19.1 Å². The Bertz CT molecular complexity index is 581. The first-order valence-corrected chi connectivity index (χ1v) is 10.1. The van der Waals surface area contributed by atoms with E-state index in [0.717, 1.165) is 31.3 Å². The Morgan fingerprint density at radius 1 is 1.18 bits per heavy atom. The summed E-state index contributed by atoms with van der Waals surface area (Å²) in [5.74, 6) is -0.0478. The first-order chi connectivity index (χ1) is 13.2. The lowest BCUT2D eigenvalue weighted by atomic mass is 10.0. The molecule has 0 aromatic heterocycles. The fourth-order valence-electron chi connectivity index (χ4n) is 3.18. The molecule has 0 bridgehead atoms. The van der Waals surface area contributed by atoms with E-state index in [1.54, 1.807) is 26.8 Å². The van der Waals surface area contributed by atoms with E-state index in [4.69, 9.17) is 9.47 Å². The van der Waals surface area contributed by atoms with Crippen LogP contribution in [0, 0.1) is 0 Å². The summed E-state index contributed by atoms with van der Waals surface area (Å²) in [4.78, 5) is 37.8. The molecule has 2 aliphatic heterocycles. The van der Waals surface area contributed by atoms with Crippen LogP contribution in [0.2, 0.25) is 0 Å². The number of carbonyl (C=O) groups excluding carboxylic acids is 3. The molecule has 0 aromatic rings. The number of hydrogen-bond acceptors (Lipinski definition) is 5. The van der Waals surface area contributed by atoms with Gasteiger partial charge in [0.2, 0.25) is 11.8 Å². The molecule has 3 amide bonds. The Morgan fingerprint density at radius 3 is 2.43 bits per heavy atom. The van der Waals surface area contributed by atoms with E-state index in [9.17, 15) is 14.4 Å². The maximum absolute atomic E-state index is 12.4. The number of ether oxygens (including phenoxy) is 2.